The number of quaternary nitrogens is 1. The van der Waals surface area contributed by atoms with Crippen LogP contribution >= 0.6 is 0 Å². The smallest absolute Gasteiger partial charge is 0.234 e. The molecule has 0 aliphatic rings. The molecular weight excluding hydrogens is 240 g/mol. The normalized spacial score (nSPS) is 12.8. The Morgan fingerprint density at radius 1 is 1.16 bits per heavy atom. The van der Waals surface area contributed by atoms with Crippen LogP contribution in [0.25, 0.3) is 0 Å². The molecule has 19 heavy (non-hydrogen) atoms. The van der Waals surface area contributed by atoms with Gasteiger partial charge in [0.15, 0.2) is 0 Å². The van der Waals surface area contributed by atoms with Gasteiger partial charge in [0.25, 0.3) is 0 Å². The Bertz CT molecular complexity index is 266. The van der Waals surface area contributed by atoms with Gasteiger partial charge in [-0.25, -0.2) is 0 Å². The summed E-state index contributed by atoms with van der Waals surface area (Å²) in [5.74, 6) is 0.103. The van der Waals surface area contributed by atoms with Crippen molar-refractivity contribution in [1.29, 1.82) is 0 Å². The van der Waals surface area contributed by atoms with Gasteiger partial charge in [0, 0.05) is 18.6 Å². The molecule has 0 aliphatic heterocycles. The molecule has 114 valence electrons. The molecule has 0 aromatic carbocycles. The number of rotatable bonds is 8. The molecule has 0 aliphatic carbocycles. The Morgan fingerprint density at radius 3 is 2.21 bits per heavy atom. The Kier molecular flexibility index (Phi) is 7.55. The van der Waals surface area contributed by atoms with Crippen LogP contribution in [-0.2, 0) is 4.79 Å². The van der Waals surface area contributed by atoms with Crippen molar-refractivity contribution in [3.63, 3.8) is 0 Å². The topological polar surface area (TPSA) is 44.4 Å². The van der Waals surface area contributed by atoms with Gasteiger partial charge >= 0.3 is 0 Å². The number of carbonyl (C=O) groups is 1. The average Bonchev–Trinajstić information content (AvgIpc) is 2.12. The Balaban J connectivity index is 3.70. The van der Waals surface area contributed by atoms with Crippen LogP contribution in [0, 0.1) is 0 Å². The van der Waals surface area contributed by atoms with E-state index >= 15 is 0 Å². The zero-order valence-corrected chi connectivity index (χ0v) is 13.8. The highest BCUT2D eigenvalue weighted by atomic mass is 16.2. The molecule has 0 unspecified atom stereocenters. The molecule has 1 amide bonds. The SMILES string of the molecule is CN(CCNC(C)(C)C)CC(=O)NCC[N+](C)(C)C. The second-order valence-corrected chi connectivity index (χ2v) is 7.28. The van der Waals surface area contributed by atoms with Crippen molar-refractivity contribution in [1.82, 2.24) is 15.5 Å². The Morgan fingerprint density at radius 2 is 1.74 bits per heavy atom. The van der Waals surface area contributed by atoms with Crippen LogP contribution in [0.1, 0.15) is 20.8 Å². The van der Waals surface area contributed by atoms with Crippen LogP contribution in [0.15, 0.2) is 0 Å². The monoisotopic (exact) mass is 273 g/mol. The van der Waals surface area contributed by atoms with Gasteiger partial charge in [-0.2, -0.15) is 0 Å². The quantitative estimate of drug-likeness (QED) is 0.618. The summed E-state index contributed by atoms with van der Waals surface area (Å²) in [5, 5.41) is 6.37. The number of nitrogens with zero attached hydrogens (tertiary/aromatic N) is 2. The standard InChI is InChI=1S/C14H32N4O/c1-14(2,3)16-8-10-17(4)12-13(19)15-9-11-18(5,6)7/h16H,8-12H2,1-7H3/p+1. The van der Waals surface area contributed by atoms with Gasteiger partial charge in [0.05, 0.1) is 40.8 Å². The van der Waals surface area contributed by atoms with Crippen LogP contribution < -0.4 is 10.6 Å². The molecule has 0 rings (SSSR count). The summed E-state index contributed by atoms with van der Waals surface area (Å²) in [4.78, 5) is 13.8. The Labute approximate surface area is 118 Å². The van der Waals surface area contributed by atoms with E-state index in [-0.39, 0.29) is 11.4 Å². The fraction of sp³-hybridized carbons (Fsp3) is 0.929. The van der Waals surface area contributed by atoms with Crippen molar-refractivity contribution >= 4 is 5.91 Å². The molecule has 0 heterocycles. The van der Waals surface area contributed by atoms with Gasteiger partial charge < -0.3 is 15.1 Å². The minimum atomic E-state index is 0.103. The van der Waals surface area contributed by atoms with Gasteiger partial charge in [-0.3, -0.25) is 9.69 Å². The van der Waals surface area contributed by atoms with Crippen LogP contribution in [0.4, 0.5) is 0 Å². The summed E-state index contributed by atoms with van der Waals surface area (Å²) in [6.45, 7) is 10.3. The van der Waals surface area contributed by atoms with Gasteiger partial charge in [0.2, 0.25) is 5.91 Å². The van der Waals surface area contributed by atoms with E-state index in [0.29, 0.717) is 6.54 Å². The fourth-order valence-electron chi connectivity index (χ4n) is 1.53. The maximum absolute atomic E-state index is 11.7. The van der Waals surface area contributed by atoms with Crippen molar-refractivity contribution in [2.75, 3.05) is 60.9 Å². The highest BCUT2D eigenvalue weighted by molar-refractivity contribution is 5.77. The third-order valence-corrected chi connectivity index (χ3v) is 2.67. The summed E-state index contributed by atoms with van der Waals surface area (Å²) in [6.07, 6.45) is 0. The molecule has 0 radical (unpaired) electrons. The summed E-state index contributed by atoms with van der Waals surface area (Å²) in [5.41, 5.74) is 0.133. The molecule has 0 saturated carbocycles. The van der Waals surface area contributed by atoms with E-state index in [1.807, 2.05) is 11.9 Å². The second kappa shape index (κ2) is 7.82. The minimum absolute atomic E-state index is 0.103. The highest BCUT2D eigenvalue weighted by Gasteiger charge is 2.11. The first-order valence-corrected chi connectivity index (χ1v) is 7.00. The van der Waals surface area contributed by atoms with Crippen LogP contribution in [0.5, 0.6) is 0 Å². The average molecular weight is 273 g/mol. The lowest BCUT2D eigenvalue weighted by molar-refractivity contribution is -0.869. The summed E-state index contributed by atoms with van der Waals surface area (Å²) < 4.78 is 0.867. The molecule has 0 fully saturated rings. The third-order valence-electron chi connectivity index (χ3n) is 2.67. The van der Waals surface area contributed by atoms with E-state index in [9.17, 15) is 4.79 Å². The van der Waals surface area contributed by atoms with Crippen LogP contribution in [0.3, 0.4) is 0 Å². The first kappa shape index (κ1) is 18.4. The van der Waals surface area contributed by atoms with Gasteiger partial charge in [-0.1, -0.05) is 0 Å². The molecular formula is C14H33N4O+. The molecule has 0 aromatic rings. The third kappa shape index (κ3) is 13.6. The lowest BCUT2D eigenvalue weighted by Gasteiger charge is -2.25. The van der Waals surface area contributed by atoms with E-state index in [1.165, 1.54) is 0 Å². The zero-order chi connectivity index (χ0) is 15.1. The molecule has 0 spiro atoms. The number of likely N-dealkylation sites (N-methyl/N-ethyl adjacent to an activating group) is 2. The molecule has 5 nitrogen and oxygen atoms in total. The fourth-order valence-corrected chi connectivity index (χ4v) is 1.53. The first-order valence-electron chi connectivity index (χ1n) is 7.00. The van der Waals surface area contributed by atoms with E-state index in [0.717, 1.165) is 30.7 Å². The van der Waals surface area contributed by atoms with Gasteiger partial charge in [-0.15, -0.1) is 0 Å². The summed E-state index contributed by atoms with van der Waals surface area (Å²) in [7, 11) is 8.34. The van der Waals surface area contributed by atoms with Crippen molar-refractivity contribution in [3.05, 3.63) is 0 Å². The van der Waals surface area contributed by atoms with E-state index in [1.54, 1.807) is 0 Å². The zero-order valence-electron chi connectivity index (χ0n) is 13.8. The highest BCUT2D eigenvalue weighted by Crippen LogP contribution is 1.97. The predicted molar refractivity (Wildman–Crippen MR) is 81.2 cm³/mol. The summed E-state index contributed by atoms with van der Waals surface area (Å²) >= 11 is 0. The van der Waals surface area contributed by atoms with Crippen molar-refractivity contribution < 1.29 is 9.28 Å². The van der Waals surface area contributed by atoms with E-state index in [4.69, 9.17) is 0 Å². The van der Waals surface area contributed by atoms with Crippen molar-refractivity contribution in [3.8, 4) is 0 Å². The maximum atomic E-state index is 11.7. The van der Waals surface area contributed by atoms with Crippen molar-refractivity contribution in [2.45, 2.75) is 26.3 Å². The molecule has 2 N–H and O–H groups in total. The number of amides is 1. The summed E-state index contributed by atoms with van der Waals surface area (Å²) in [6, 6.07) is 0. The van der Waals surface area contributed by atoms with E-state index < -0.39 is 0 Å². The van der Waals surface area contributed by atoms with Crippen LogP contribution in [-0.4, -0.2) is 81.7 Å². The molecule has 0 atom stereocenters. The second-order valence-electron chi connectivity index (χ2n) is 7.28. The lowest BCUT2D eigenvalue weighted by atomic mass is 10.1. The number of nitrogens with one attached hydrogen (secondary N) is 2. The van der Waals surface area contributed by atoms with Gasteiger partial charge in [0.1, 0.15) is 0 Å². The van der Waals surface area contributed by atoms with Gasteiger partial charge in [-0.05, 0) is 27.8 Å². The number of hydrogen-bond donors (Lipinski definition) is 2. The minimum Gasteiger partial charge on any atom is -0.349 e. The largest absolute Gasteiger partial charge is 0.349 e. The maximum Gasteiger partial charge on any atom is 0.234 e. The van der Waals surface area contributed by atoms with Crippen molar-refractivity contribution in [2.24, 2.45) is 0 Å². The molecule has 0 saturated heterocycles. The first-order chi connectivity index (χ1) is 8.49. The number of hydrogen-bond acceptors (Lipinski definition) is 3. The Hall–Kier alpha value is -0.650. The number of carbonyl (C=O) groups excluding carboxylic acids is 1. The molecule has 0 aromatic heterocycles. The molecule has 0 bridgehead atoms. The predicted octanol–water partition coefficient (Wildman–Crippen LogP) is 0.129. The molecule has 5 heteroatoms. The van der Waals surface area contributed by atoms with E-state index in [2.05, 4.69) is 52.5 Å². The lowest BCUT2D eigenvalue weighted by Crippen LogP contribution is -2.45. The van der Waals surface area contributed by atoms with Crippen LogP contribution in [0.2, 0.25) is 0 Å².